The minimum atomic E-state index is -4.31. The van der Waals surface area contributed by atoms with Crippen LogP contribution in [0.3, 0.4) is 0 Å². The molecule has 0 fully saturated rings. The Hall–Kier alpha value is -3.34. The van der Waals surface area contributed by atoms with E-state index in [-0.39, 0.29) is 29.5 Å². The molecule has 42 heavy (non-hydrogen) atoms. The van der Waals surface area contributed by atoms with Crippen molar-refractivity contribution in [3.8, 4) is 5.75 Å². The second kappa shape index (κ2) is 15.2. The Bertz CT molecular complexity index is 1470. The molecule has 1 unspecified atom stereocenters. The molecule has 0 aliphatic carbocycles. The fourth-order valence-corrected chi connectivity index (χ4v) is 6.15. The molecule has 8 nitrogen and oxygen atoms in total. The molecule has 3 rings (SSSR count). The molecule has 0 radical (unpaired) electrons. The lowest BCUT2D eigenvalue weighted by molar-refractivity contribution is -0.140. The molecule has 12 heteroatoms. The minimum Gasteiger partial charge on any atom is -0.497 e. The first kappa shape index (κ1) is 33.2. The number of amides is 2. The van der Waals surface area contributed by atoms with Gasteiger partial charge in [0.1, 0.15) is 24.2 Å². The lowest BCUT2D eigenvalue weighted by atomic mass is 10.1. The normalized spacial score (nSPS) is 12.0. The topological polar surface area (TPSA) is 96.0 Å². The van der Waals surface area contributed by atoms with Gasteiger partial charge in [0, 0.05) is 23.1 Å². The summed E-state index contributed by atoms with van der Waals surface area (Å²) < 4.78 is 47.6. The summed E-state index contributed by atoms with van der Waals surface area (Å²) in [5.41, 5.74) is 0.603. The maximum absolute atomic E-state index is 14.1. The molecular formula is C30H34Cl2FN3O5S. The summed E-state index contributed by atoms with van der Waals surface area (Å²) in [6.45, 7) is 3.45. The number of hydrogen-bond acceptors (Lipinski definition) is 5. The minimum absolute atomic E-state index is 0.0745. The number of benzene rings is 3. The van der Waals surface area contributed by atoms with E-state index in [0.717, 1.165) is 29.3 Å². The molecule has 3 aromatic rings. The Morgan fingerprint density at radius 2 is 1.67 bits per heavy atom. The molecule has 0 saturated carbocycles. The second-order valence-corrected chi connectivity index (χ2v) is 12.2. The number of anilines is 1. The van der Waals surface area contributed by atoms with E-state index >= 15 is 0 Å². The monoisotopic (exact) mass is 637 g/mol. The zero-order valence-corrected chi connectivity index (χ0v) is 26.0. The first-order valence-corrected chi connectivity index (χ1v) is 15.6. The number of carbonyl (C=O) groups is 2. The van der Waals surface area contributed by atoms with E-state index in [0.29, 0.717) is 27.9 Å². The van der Waals surface area contributed by atoms with Gasteiger partial charge in [-0.3, -0.25) is 13.9 Å². The van der Waals surface area contributed by atoms with Crippen LogP contribution in [0.25, 0.3) is 0 Å². The molecule has 0 spiro atoms. The number of nitrogens with one attached hydrogen (secondary N) is 1. The van der Waals surface area contributed by atoms with Crippen molar-refractivity contribution in [2.45, 2.75) is 50.6 Å². The van der Waals surface area contributed by atoms with Crippen molar-refractivity contribution in [1.29, 1.82) is 0 Å². The summed E-state index contributed by atoms with van der Waals surface area (Å²) in [5, 5.41) is 3.56. The molecule has 1 N–H and O–H groups in total. The average Bonchev–Trinajstić information content (AvgIpc) is 2.97. The average molecular weight is 639 g/mol. The smallest absolute Gasteiger partial charge is 0.264 e. The van der Waals surface area contributed by atoms with Crippen molar-refractivity contribution >= 4 is 50.7 Å². The first-order chi connectivity index (χ1) is 20.0. The predicted molar refractivity (Wildman–Crippen MR) is 163 cm³/mol. The summed E-state index contributed by atoms with van der Waals surface area (Å²) >= 11 is 12.5. The number of ether oxygens (including phenoxy) is 1. The number of hydrogen-bond donors (Lipinski definition) is 1. The van der Waals surface area contributed by atoms with Gasteiger partial charge in [-0.1, -0.05) is 49.5 Å². The van der Waals surface area contributed by atoms with Crippen molar-refractivity contribution in [2.75, 3.05) is 24.5 Å². The van der Waals surface area contributed by atoms with E-state index < -0.39 is 34.3 Å². The largest absolute Gasteiger partial charge is 0.497 e. The zero-order valence-electron chi connectivity index (χ0n) is 23.6. The van der Waals surface area contributed by atoms with Crippen LogP contribution in [0, 0.1) is 5.82 Å². The van der Waals surface area contributed by atoms with Crippen LogP contribution in [0.15, 0.2) is 71.6 Å². The Labute approximate surface area is 256 Å². The van der Waals surface area contributed by atoms with Crippen molar-refractivity contribution in [3.05, 3.63) is 88.2 Å². The van der Waals surface area contributed by atoms with Crippen LogP contribution >= 0.6 is 23.2 Å². The standard InChI is InChI=1S/C30H34Cl2FN3O5S/c1-4-6-17-34-30(38)28(5-2)35(19-21-7-8-22(31)18-27(21)32)29(37)20-36(24-11-9-23(33)10-12-24)42(39,40)26-15-13-25(41-3)14-16-26/h7-16,18,28H,4-6,17,19-20H2,1-3H3,(H,34,38). The van der Waals surface area contributed by atoms with Crippen molar-refractivity contribution in [1.82, 2.24) is 10.2 Å². The molecule has 0 aliphatic heterocycles. The molecule has 226 valence electrons. The van der Waals surface area contributed by atoms with Crippen LogP contribution in [0.4, 0.5) is 10.1 Å². The second-order valence-electron chi connectivity index (χ2n) is 9.49. The van der Waals surface area contributed by atoms with Gasteiger partial charge >= 0.3 is 0 Å². The number of carbonyl (C=O) groups excluding carboxylic acids is 2. The van der Waals surface area contributed by atoms with E-state index in [2.05, 4.69) is 5.32 Å². The van der Waals surface area contributed by atoms with Gasteiger partial charge in [-0.25, -0.2) is 12.8 Å². The fourth-order valence-electron chi connectivity index (χ4n) is 4.27. The third kappa shape index (κ3) is 8.36. The molecule has 0 bridgehead atoms. The summed E-state index contributed by atoms with van der Waals surface area (Å²) in [4.78, 5) is 28.5. The first-order valence-electron chi connectivity index (χ1n) is 13.4. The summed E-state index contributed by atoms with van der Waals surface area (Å²) in [6, 6.07) is 14.3. The maximum Gasteiger partial charge on any atom is 0.264 e. The number of methoxy groups -OCH3 is 1. The number of unbranched alkanes of at least 4 members (excludes halogenated alkanes) is 1. The van der Waals surface area contributed by atoms with Gasteiger partial charge in [0.25, 0.3) is 10.0 Å². The lowest BCUT2D eigenvalue weighted by Crippen LogP contribution is -2.52. The predicted octanol–water partition coefficient (Wildman–Crippen LogP) is 6.06. The van der Waals surface area contributed by atoms with Gasteiger partial charge in [0.05, 0.1) is 17.7 Å². The van der Waals surface area contributed by atoms with Gasteiger partial charge in [0.2, 0.25) is 11.8 Å². The SMILES string of the molecule is CCCCNC(=O)C(CC)N(Cc1ccc(Cl)cc1Cl)C(=O)CN(c1ccc(F)cc1)S(=O)(=O)c1ccc(OC)cc1. The van der Waals surface area contributed by atoms with E-state index in [9.17, 15) is 22.4 Å². The third-order valence-corrected chi connectivity index (χ3v) is 8.99. The summed E-state index contributed by atoms with van der Waals surface area (Å²) in [7, 11) is -2.86. The van der Waals surface area contributed by atoms with E-state index in [1.54, 1.807) is 19.1 Å². The van der Waals surface area contributed by atoms with Crippen LogP contribution in [0.2, 0.25) is 10.0 Å². The van der Waals surface area contributed by atoms with Crippen molar-refractivity contribution in [3.63, 3.8) is 0 Å². The highest BCUT2D eigenvalue weighted by Crippen LogP contribution is 2.28. The number of nitrogens with zero attached hydrogens (tertiary/aromatic N) is 2. The number of halogens is 3. The van der Waals surface area contributed by atoms with Gasteiger partial charge in [-0.15, -0.1) is 0 Å². The van der Waals surface area contributed by atoms with Gasteiger partial charge < -0.3 is 15.0 Å². The van der Waals surface area contributed by atoms with E-state index in [1.165, 1.54) is 54.5 Å². The highest BCUT2D eigenvalue weighted by Gasteiger charge is 2.34. The highest BCUT2D eigenvalue weighted by molar-refractivity contribution is 7.92. The molecule has 0 aliphatic rings. The fraction of sp³-hybridized carbons (Fsp3) is 0.333. The van der Waals surface area contributed by atoms with E-state index in [1.807, 2.05) is 6.92 Å². The Morgan fingerprint density at radius 3 is 2.24 bits per heavy atom. The summed E-state index contributed by atoms with van der Waals surface area (Å²) in [6.07, 6.45) is 1.89. The molecule has 0 aromatic heterocycles. The molecular weight excluding hydrogens is 604 g/mol. The number of rotatable bonds is 14. The Morgan fingerprint density at radius 1 is 1.00 bits per heavy atom. The molecule has 2 amide bonds. The summed E-state index contributed by atoms with van der Waals surface area (Å²) in [5.74, 6) is -1.14. The van der Waals surface area contributed by atoms with Gasteiger partial charge in [-0.05, 0) is 79.1 Å². The molecule has 0 heterocycles. The Balaban J connectivity index is 2.05. The lowest BCUT2D eigenvalue weighted by Gasteiger charge is -2.33. The van der Waals surface area contributed by atoms with Gasteiger partial charge in [-0.2, -0.15) is 0 Å². The van der Waals surface area contributed by atoms with Crippen LogP contribution in [0.1, 0.15) is 38.7 Å². The van der Waals surface area contributed by atoms with Crippen LogP contribution < -0.4 is 14.4 Å². The third-order valence-electron chi connectivity index (χ3n) is 6.61. The molecule has 0 saturated heterocycles. The van der Waals surface area contributed by atoms with Crippen molar-refractivity contribution < 1.29 is 27.1 Å². The van der Waals surface area contributed by atoms with Crippen LogP contribution in [-0.2, 0) is 26.2 Å². The maximum atomic E-state index is 14.1. The van der Waals surface area contributed by atoms with Crippen LogP contribution in [-0.4, -0.2) is 51.4 Å². The van der Waals surface area contributed by atoms with E-state index in [4.69, 9.17) is 27.9 Å². The number of sulfonamides is 1. The van der Waals surface area contributed by atoms with Crippen LogP contribution in [0.5, 0.6) is 5.75 Å². The Kier molecular flexibility index (Phi) is 12.0. The highest BCUT2D eigenvalue weighted by atomic mass is 35.5. The molecule has 3 aromatic carbocycles. The van der Waals surface area contributed by atoms with Crippen molar-refractivity contribution in [2.24, 2.45) is 0 Å². The quantitative estimate of drug-likeness (QED) is 0.217. The van der Waals surface area contributed by atoms with Gasteiger partial charge in [0.15, 0.2) is 0 Å². The zero-order chi connectivity index (χ0) is 30.9. The molecule has 1 atom stereocenters.